The highest BCUT2D eigenvalue weighted by Gasteiger charge is 2.22. The van der Waals surface area contributed by atoms with E-state index in [1.54, 1.807) is 13.2 Å². The fraction of sp³-hybridized carbons (Fsp3) is 0.292. The molecule has 0 aliphatic carbocycles. The Morgan fingerprint density at radius 2 is 1.65 bits per heavy atom. The van der Waals surface area contributed by atoms with Gasteiger partial charge in [0, 0.05) is 44.4 Å². The molecule has 0 saturated carbocycles. The van der Waals surface area contributed by atoms with E-state index in [0.29, 0.717) is 18.8 Å². The minimum absolute atomic E-state index is 0.0541. The Labute approximate surface area is 181 Å². The van der Waals surface area contributed by atoms with Gasteiger partial charge in [0.25, 0.3) is 5.56 Å². The third-order valence-electron chi connectivity index (χ3n) is 5.51. The third-order valence-corrected chi connectivity index (χ3v) is 5.51. The van der Waals surface area contributed by atoms with Crippen molar-refractivity contribution >= 4 is 5.91 Å². The number of nitrogens with zero attached hydrogens (tertiary/aromatic N) is 4. The Balaban J connectivity index is 1.37. The highest BCUT2D eigenvalue weighted by molar-refractivity contribution is 5.76. The second-order valence-corrected chi connectivity index (χ2v) is 7.59. The van der Waals surface area contributed by atoms with E-state index >= 15 is 0 Å². The van der Waals surface area contributed by atoms with Gasteiger partial charge >= 0.3 is 0 Å². The topological polar surface area (TPSA) is 67.7 Å². The summed E-state index contributed by atoms with van der Waals surface area (Å²) in [6.45, 7) is 3.76. The van der Waals surface area contributed by atoms with Gasteiger partial charge in [0.1, 0.15) is 12.3 Å². The van der Waals surface area contributed by atoms with Crippen LogP contribution in [0.15, 0.2) is 71.5 Å². The molecule has 1 amide bonds. The number of hydrogen-bond donors (Lipinski definition) is 0. The molecular formula is C24H26N4O3. The molecule has 4 rings (SSSR count). The zero-order valence-electron chi connectivity index (χ0n) is 17.6. The van der Waals surface area contributed by atoms with E-state index in [1.807, 2.05) is 47.4 Å². The molecule has 2 heterocycles. The molecule has 1 fully saturated rings. The largest absolute Gasteiger partial charge is 0.497 e. The van der Waals surface area contributed by atoms with E-state index in [2.05, 4.69) is 22.1 Å². The number of piperazine rings is 1. The number of amides is 1. The van der Waals surface area contributed by atoms with E-state index in [4.69, 9.17) is 4.74 Å². The average molecular weight is 418 g/mol. The number of rotatable bonds is 6. The molecule has 0 N–H and O–H groups in total. The van der Waals surface area contributed by atoms with Crippen LogP contribution < -0.4 is 10.3 Å². The second-order valence-electron chi connectivity index (χ2n) is 7.59. The summed E-state index contributed by atoms with van der Waals surface area (Å²) in [5.41, 5.74) is 2.49. The standard InChI is InChI=1S/C24H26N4O3/c1-31-21-9-7-20(8-10-21)22-11-12-23(29)28(25-22)18-24(30)27-15-13-26(14-16-27)17-19-5-3-2-4-6-19/h2-12H,13-18H2,1H3. The number of hydrogen-bond acceptors (Lipinski definition) is 5. The van der Waals surface area contributed by atoms with Crippen LogP contribution in [0.25, 0.3) is 11.3 Å². The van der Waals surface area contributed by atoms with Gasteiger partial charge in [-0.2, -0.15) is 5.10 Å². The molecule has 0 radical (unpaired) electrons. The van der Waals surface area contributed by atoms with E-state index in [1.165, 1.54) is 16.3 Å². The van der Waals surface area contributed by atoms with Gasteiger partial charge in [-0.3, -0.25) is 14.5 Å². The fourth-order valence-corrected chi connectivity index (χ4v) is 3.70. The lowest BCUT2D eigenvalue weighted by molar-refractivity contribution is -0.133. The maximum absolute atomic E-state index is 12.8. The van der Waals surface area contributed by atoms with Gasteiger partial charge in [-0.15, -0.1) is 0 Å². The van der Waals surface area contributed by atoms with Crippen LogP contribution in [-0.2, 0) is 17.9 Å². The van der Waals surface area contributed by atoms with Crippen LogP contribution >= 0.6 is 0 Å². The number of ether oxygens (including phenoxy) is 1. The maximum Gasteiger partial charge on any atom is 0.267 e. The van der Waals surface area contributed by atoms with E-state index in [-0.39, 0.29) is 18.0 Å². The molecule has 0 unspecified atom stereocenters. The van der Waals surface area contributed by atoms with Crippen LogP contribution in [0.5, 0.6) is 5.75 Å². The molecule has 3 aromatic rings. The third kappa shape index (κ3) is 5.19. The van der Waals surface area contributed by atoms with Gasteiger partial charge in [-0.05, 0) is 35.9 Å². The average Bonchev–Trinajstić information content (AvgIpc) is 2.82. The summed E-state index contributed by atoms with van der Waals surface area (Å²) in [6, 6.07) is 20.9. The molecule has 1 saturated heterocycles. The zero-order valence-corrected chi connectivity index (χ0v) is 17.6. The van der Waals surface area contributed by atoms with Crippen LogP contribution in [0.4, 0.5) is 0 Å². The zero-order chi connectivity index (χ0) is 21.6. The Bertz CT molecular complexity index is 1070. The van der Waals surface area contributed by atoms with Gasteiger partial charge < -0.3 is 9.64 Å². The lowest BCUT2D eigenvalue weighted by Crippen LogP contribution is -2.49. The summed E-state index contributed by atoms with van der Waals surface area (Å²) in [4.78, 5) is 29.2. The molecule has 1 aliphatic rings. The summed E-state index contributed by atoms with van der Waals surface area (Å²) in [5.74, 6) is 0.666. The van der Waals surface area contributed by atoms with Crippen molar-refractivity contribution in [1.82, 2.24) is 19.6 Å². The second kappa shape index (κ2) is 9.57. The van der Waals surface area contributed by atoms with Crippen molar-refractivity contribution in [3.8, 4) is 17.0 Å². The van der Waals surface area contributed by atoms with Crippen molar-refractivity contribution in [2.24, 2.45) is 0 Å². The molecule has 0 spiro atoms. The normalized spacial score (nSPS) is 14.4. The summed E-state index contributed by atoms with van der Waals surface area (Å²) in [5, 5.41) is 4.41. The molecule has 1 aliphatic heterocycles. The lowest BCUT2D eigenvalue weighted by Gasteiger charge is -2.34. The molecule has 0 bridgehead atoms. The summed E-state index contributed by atoms with van der Waals surface area (Å²) < 4.78 is 6.43. The minimum Gasteiger partial charge on any atom is -0.497 e. The molecule has 7 heteroatoms. The van der Waals surface area contributed by atoms with Crippen molar-refractivity contribution in [2.45, 2.75) is 13.1 Å². The monoisotopic (exact) mass is 418 g/mol. The van der Waals surface area contributed by atoms with Gasteiger partial charge in [0.15, 0.2) is 0 Å². The van der Waals surface area contributed by atoms with E-state index in [9.17, 15) is 9.59 Å². The lowest BCUT2D eigenvalue weighted by atomic mass is 10.1. The highest BCUT2D eigenvalue weighted by Crippen LogP contribution is 2.19. The number of carbonyl (C=O) groups excluding carboxylic acids is 1. The fourth-order valence-electron chi connectivity index (χ4n) is 3.70. The van der Waals surface area contributed by atoms with Crippen molar-refractivity contribution in [3.05, 3.63) is 82.6 Å². The predicted molar refractivity (Wildman–Crippen MR) is 119 cm³/mol. The Morgan fingerprint density at radius 1 is 0.935 bits per heavy atom. The molecule has 7 nitrogen and oxygen atoms in total. The van der Waals surface area contributed by atoms with Crippen LogP contribution in [0.1, 0.15) is 5.56 Å². The Hall–Kier alpha value is -3.45. The molecule has 31 heavy (non-hydrogen) atoms. The van der Waals surface area contributed by atoms with E-state index in [0.717, 1.165) is 30.9 Å². The van der Waals surface area contributed by atoms with Gasteiger partial charge in [-0.1, -0.05) is 30.3 Å². The number of carbonyl (C=O) groups is 1. The first-order valence-corrected chi connectivity index (χ1v) is 10.4. The van der Waals surface area contributed by atoms with Gasteiger partial charge in [-0.25, -0.2) is 4.68 Å². The van der Waals surface area contributed by atoms with Crippen LogP contribution in [0, 0.1) is 0 Å². The minimum atomic E-state index is -0.284. The van der Waals surface area contributed by atoms with E-state index < -0.39 is 0 Å². The molecule has 0 atom stereocenters. The molecule has 1 aromatic heterocycles. The SMILES string of the molecule is COc1ccc(-c2ccc(=O)n(CC(=O)N3CCN(Cc4ccccc4)CC3)n2)cc1. The van der Waals surface area contributed by atoms with Crippen LogP contribution in [-0.4, -0.2) is 58.8 Å². The summed E-state index contributed by atoms with van der Waals surface area (Å²) >= 11 is 0. The number of aromatic nitrogens is 2. The smallest absolute Gasteiger partial charge is 0.267 e. The highest BCUT2D eigenvalue weighted by atomic mass is 16.5. The number of methoxy groups -OCH3 is 1. The Kier molecular flexibility index (Phi) is 6.43. The van der Waals surface area contributed by atoms with Crippen LogP contribution in [0.2, 0.25) is 0 Å². The van der Waals surface area contributed by atoms with Crippen molar-refractivity contribution in [2.75, 3.05) is 33.3 Å². The first-order valence-electron chi connectivity index (χ1n) is 10.4. The molecular weight excluding hydrogens is 392 g/mol. The van der Waals surface area contributed by atoms with Gasteiger partial charge in [0.05, 0.1) is 12.8 Å². The quantitative estimate of drug-likeness (QED) is 0.614. The summed E-state index contributed by atoms with van der Waals surface area (Å²) in [7, 11) is 1.61. The summed E-state index contributed by atoms with van der Waals surface area (Å²) in [6.07, 6.45) is 0. The first-order chi connectivity index (χ1) is 15.1. The van der Waals surface area contributed by atoms with Crippen LogP contribution in [0.3, 0.4) is 0 Å². The molecule has 2 aromatic carbocycles. The molecule has 160 valence electrons. The van der Waals surface area contributed by atoms with Crippen molar-refractivity contribution in [1.29, 1.82) is 0 Å². The first kappa shape index (κ1) is 20.8. The van der Waals surface area contributed by atoms with Gasteiger partial charge in [0.2, 0.25) is 5.91 Å². The van der Waals surface area contributed by atoms with Crippen molar-refractivity contribution in [3.63, 3.8) is 0 Å². The Morgan fingerprint density at radius 3 is 2.32 bits per heavy atom. The maximum atomic E-state index is 12.8. The number of benzene rings is 2. The predicted octanol–water partition coefficient (Wildman–Crippen LogP) is 2.26. The van der Waals surface area contributed by atoms with Crippen molar-refractivity contribution < 1.29 is 9.53 Å².